The Labute approximate surface area is 138 Å². The summed E-state index contributed by atoms with van der Waals surface area (Å²) in [5, 5.41) is 4.31. The van der Waals surface area contributed by atoms with E-state index in [1.807, 2.05) is 30.3 Å². The van der Waals surface area contributed by atoms with E-state index in [0.717, 1.165) is 39.9 Å². The molecule has 108 valence electrons. The fourth-order valence-corrected chi connectivity index (χ4v) is 3.88. The van der Waals surface area contributed by atoms with Gasteiger partial charge in [-0.25, -0.2) is 0 Å². The van der Waals surface area contributed by atoms with Crippen LogP contribution in [0.4, 0.5) is 0 Å². The van der Waals surface area contributed by atoms with Gasteiger partial charge in [-0.05, 0) is 37.1 Å². The lowest BCUT2D eigenvalue weighted by atomic mass is 10.0. The van der Waals surface area contributed by atoms with Gasteiger partial charge in [0.2, 0.25) is 0 Å². The van der Waals surface area contributed by atoms with Crippen LogP contribution < -0.4 is 5.32 Å². The molecule has 0 saturated carbocycles. The van der Waals surface area contributed by atoms with Gasteiger partial charge in [0.25, 0.3) is 0 Å². The van der Waals surface area contributed by atoms with Crippen molar-refractivity contribution < 1.29 is 0 Å². The Kier molecular flexibility index (Phi) is 6.19. The van der Waals surface area contributed by atoms with Gasteiger partial charge in [-0.1, -0.05) is 59.9 Å². The predicted octanol–water partition coefficient (Wildman–Crippen LogP) is 5.99. The van der Waals surface area contributed by atoms with Crippen molar-refractivity contribution in [2.24, 2.45) is 0 Å². The molecule has 0 aliphatic rings. The maximum Gasteiger partial charge on any atom is 0.0992 e. The maximum absolute atomic E-state index is 6.29. The summed E-state index contributed by atoms with van der Waals surface area (Å²) in [5.74, 6) is 0. The fraction of sp³-hybridized carbons (Fsp3) is 0.333. The molecule has 0 fully saturated rings. The van der Waals surface area contributed by atoms with E-state index in [1.54, 1.807) is 0 Å². The molecule has 0 saturated heterocycles. The molecule has 0 aliphatic heterocycles. The third kappa shape index (κ3) is 4.12. The highest BCUT2D eigenvalue weighted by Crippen LogP contribution is 2.36. The number of benzene rings is 1. The number of thiophene rings is 1. The van der Waals surface area contributed by atoms with E-state index in [-0.39, 0.29) is 6.04 Å². The number of rotatable bonds is 6. The van der Waals surface area contributed by atoms with Crippen molar-refractivity contribution in [3.8, 4) is 0 Å². The first kappa shape index (κ1) is 16.1. The molecule has 20 heavy (non-hydrogen) atoms. The molecule has 5 heteroatoms. The lowest BCUT2D eigenvalue weighted by Gasteiger charge is -2.19. The number of hydrogen-bond acceptors (Lipinski definition) is 2. The van der Waals surface area contributed by atoms with E-state index in [4.69, 9.17) is 34.8 Å². The fourth-order valence-electron chi connectivity index (χ4n) is 2.09. The zero-order valence-electron chi connectivity index (χ0n) is 11.1. The summed E-state index contributed by atoms with van der Waals surface area (Å²) in [6, 6.07) is 9.97. The summed E-state index contributed by atoms with van der Waals surface area (Å²) in [5.41, 5.74) is 2.16. The number of hydrogen-bond donors (Lipinski definition) is 1. The molecule has 2 rings (SSSR count). The Bertz CT molecular complexity index is 568. The molecule has 0 radical (unpaired) electrons. The van der Waals surface area contributed by atoms with Gasteiger partial charge in [-0.2, -0.15) is 0 Å². The lowest BCUT2D eigenvalue weighted by molar-refractivity contribution is 0.531. The van der Waals surface area contributed by atoms with E-state index < -0.39 is 0 Å². The summed E-state index contributed by atoms with van der Waals surface area (Å²) in [7, 11) is 0. The first-order chi connectivity index (χ1) is 9.61. The van der Waals surface area contributed by atoms with Crippen LogP contribution in [0.1, 0.15) is 30.5 Å². The van der Waals surface area contributed by atoms with Crippen molar-refractivity contribution in [3.05, 3.63) is 55.2 Å². The van der Waals surface area contributed by atoms with Crippen LogP contribution in [-0.2, 0) is 6.42 Å². The van der Waals surface area contributed by atoms with E-state index in [2.05, 4.69) is 12.2 Å². The lowest BCUT2D eigenvalue weighted by Crippen LogP contribution is -2.24. The Morgan fingerprint density at radius 2 is 1.95 bits per heavy atom. The van der Waals surface area contributed by atoms with Crippen LogP contribution in [-0.4, -0.2) is 6.54 Å². The molecule has 1 nitrogen and oxygen atoms in total. The van der Waals surface area contributed by atoms with Crippen molar-refractivity contribution in [2.45, 2.75) is 25.8 Å². The van der Waals surface area contributed by atoms with Gasteiger partial charge in [-0.15, -0.1) is 11.3 Å². The van der Waals surface area contributed by atoms with Crippen molar-refractivity contribution in [1.82, 2.24) is 5.32 Å². The molecule has 0 amide bonds. The molecule has 1 atom stereocenters. The van der Waals surface area contributed by atoms with Crippen LogP contribution >= 0.6 is 46.1 Å². The molecule has 0 spiro atoms. The average Bonchev–Trinajstić information content (AvgIpc) is 2.75. The van der Waals surface area contributed by atoms with Crippen molar-refractivity contribution in [2.75, 3.05) is 6.54 Å². The summed E-state index contributed by atoms with van der Waals surface area (Å²) in [6.07, 6.45) is 1.86. The van der Waals surface area contributed by atoms with Crippen LogP contribution in [0.5, 0.6) is 0 Å². The summed E-state index contributed by atoms with van der Waals surface area (Å²) in [6.45, 7) is 3.07. The van der Waals surface area contributed by atoms with Gasteiger partial charge < -0.3 is 5.32 Å². The summed E-state index contributed by atoms with van der Waals surface area (Å²) < 4.78 is 1.46. The van der Waals surface area contributed by atoms with Gasteiger partial charge in [-0.3, -0.25) is 0 Å². The SMILES string of the molecule is CCCNC(Cc1ccccc1Cl)c1cc(Cl)sc1Cl. The Hall–Kier alpha value is -0.250. The van der Waals surface area contributed by atoms with Crippen LogP contribution in [0.3, 0.4) is 0 Å². The minimum absolute atomic E-state index is 0.131. The Morgan fingerprint density at radius 1 is 1.20 bits per heavy atom. The maximum atomic E-state index is 6.29. The smallest absolute Gasteiger partial charge is 0.0992 e. The normalized spacial score (nSPS) is 12.6. The van der Waals surface area contributed by atoms with E-state index in [9.17, 15) is 0 Å². The minimum atomic E-state index is 0.131. The molecule has 0 bridgehead atoms. The first-order valence-electron chi connectivity index (χ1n) is 6.53. The molecule has 2 aromatic rings. The third-order valence-corrected chi connectivity index (χ3v) is 4.97. The van der Waals surface area contributed by atoms with E-state index in [1.165, 1.54) is 11.3 Å². The molecule has 0 aliphatic carbocycles. The van der Waals surface area contributed by atoms with Gasteiger partial charge >= 0.3 is 0 Å². The van der Waals surface area contributed by atoms with Crippen molar-refractivity contribution in [3.63, 3.8) is 0 Å². The number of halogens is 3. The standard InChI is InChI=1S/C15H16Cl3NS/c1-2-7-19-13(11-9-14(17)20-15(11)18)8-10-5-3-4-6-12(10)16/h3-6,9,13,19H,2,7-8H2,1H3. The zero-order valence-corrected chi connectivity index (χ0v) is 14.2. The second-order valence-corrected chi connectivity index (χ2v) is 7.27. The molecular weight excluding hydrogens is 333 g/mol. The summed E-state index contributed by atoms with van der Waals surface area (Å²) in [4.78, 5) is 0. The summed E-state index contributed by atoms with van der Waals surface area (Å²) >= 11 is 20.0. The quantitative estimate of drug-likeness (QED) is 0.676. The first-order valence-corrected chi connectivity index (χ1v) is 8.48. The largest absolute Gasteiger partial charge is 0.310 e. The van der Waals surface area contributed by atoms with Gasteiger partial charge in [0, 0.05) is 16.6 Å². The monoisotopic (exact) mass is 347 g/mol. The van der Waals surface area contributed by atoms with Crippen LogP contribution in [0, 0.1) is 0 Å². The van der Waals surface area contributed by atoms with Crippen LogP contribution in [0.15, 0.2) is 30.3 Å². The van der Waals surface area contributed by atoms with Gasteiger partial charge in [0.1, 0.15) is 0 Å². The van der Waals surface area contributed by atoms with Crippen molar-refractivity contribution >= 4 is 46.1 Å². The van der Waals surface area contributed by atoms with Crippen LogP contribution in [0.2, 0.25) is 13.7 Å². The molecule has 1 N–H and O–H groups in total. The Balaban J connectivity index is 2.24. The molecular formula is C15H16Cl3NS. The minimum Gasteiger partial charge on any atom is -0.310 e. The number of nitrogens with one attached hydrogen (secondary N) is 1. The topological polar surface area (TPSA) is 12.0 Å². The van der Waals surface area contributed by atoms with Crippen LogP contribution in [0.25, 0.3) is 0 Å². The molecule has 1 aromatic heterocycles. The molecule has 1 heterocycles. The van der Waals surface area contributed by atoms with E-state index in [0.29, 0.717) is 4.34 Å². The van der Waals surface area contributed by atoms with Crippen molar-refractivity contribution in [1.29, 1.82) is 0 Å². The highest BCUT2D eigenvalue weighted by Gasteiger charge is 2.18. The predicted molar refractivity (Wildman–Crippen MR) is 90.5 cm³/mol. The highest BCUT2D eigenvalue weighted by atomic mass is 35.5. The zero-order chi connectivity index (χ0) is 14.5. The molecule has 1 unspecified atom stereocenters. The molecule has 1 aromatic carbocycles. The third-order valence-electron chi connectivity index (χ3n) is 3.08. The second-order valence-electron chi connectivity index (χ2n) is 4.58. The van der Waals surface area contributed by atoms with E-state index >= 15 is 0 Å². The average molecular weight is 349 g/mol. The Morgan fingerprint density at radius 3 is 2.55 bits per heavy atom. The van der Waals surface area contributed by atoms with Gasteiger partial charge in [0.15, 0.2) is 0 Å². The van der Waals surface area contributed by atoms with Gasteiger partial charge in [0.05, 0.1) is 8.67 Å². The second kappa shape index (κ2) is 7.67. The highest BCUT2D eigenvalue weighted by molar-refractivity contribution is 7.20.